The molecule has 0 spiro atoms. The van der Waals surface area contributed by atoms with E-state index in [4.69, 9.17) is 0 Å². The Balaban J connectivity index is 2.00. The zero-order chi connectivity index (χ0) is 18.4. The fourth-order valence-electron chi connectivity index (χ4n) is 2.68. The number of halogens is 1. The van der Waals surface area contributed by atoms with Gasteiger partial charge in [0.15, 0.2) is 5.69 Å². The molecule has 0 atom stereocenters. The summed E-state index contributed by atoms with van der Waals surface area (Å²) in [6.07, 6.45) is 0. The van der Waals surface area contributed by atoms with Crippen molar-refractivity contribution in [3.63, 3.8) is 0 Å². The molecule has 25 heavy (non-hydrogen) atoms. The molecule has 5 nitrogen and oxygen atoms in total. The number of nitrogens with zero attached hydrogens (tertiary/aromatic N) is 2. The Morgan fingerprint density at radius 2 is 1.96 bits per heavy atom. The molecule has 136 valence electrons. The number of carbonyl (C=O) groups is 1. The van der Waals surface area contributed by atoms with Gasteiger partial charge >= 0.3 is 0 Å². The van der Waals surface area contributed by atoms with E-state index in [9.17, 15) is 4.79 Å². The molecular formula is C19H27BrN4O. The van der Waals surface area contributed by atoms with Crippen LogP contribution in [0.25, 0.3) is 0 Å². The van der Waals surface area contributed by atoms with Crippen LogP contribution in [0.1, 0.15) is 60.9 Å². The second-order valence-corrected chi connectivity index (χ2v) is 7.21. The molecule has 0 bridgehead atoms. The summed E-state index contributed by atoms with van der Waals surface area (Å²) in [5, 5.41) is 10.0. The van der Waals surface area contributed by atoms with Crippen molar-refractivity contribution in [2.45, 2.75) is 46.7 Å². The van der Waals surface area contributed by atoms with Gasteiger partial charge < -0.3 is 5.32 Å². The first-order valence-corrected chi connectivity index (χ1v) is 9.57. The Bertz CT molecular complexity index is 707. The smallest absolute Gasteiger partial charge is 0.273 e. The molecule has 1 amide bonds. The molecule has 2 N–H and O–H groups in total. The standard InChI is InChI=1S/C19H27BrN4O/c1-5-24(6-2)12-15-9-7-8-14(10-15)11-21-19(25)18-16(20)17(13(3)4)22-23-18/h7-10,13H,5-6,11-12H2,1-4H3,(H,21,25)(H,22,23). The van der Waals surface area contributed by atoms with Crippen LogP contribution in [0.5, 0.6) is 0 Å². The van der Waals surface area contributed by atoms with E-state index in [-0.39, 0.29) is 11.8 Å². The highest BCUT2D eigenvalue weighted by atomic mass is 79.9. The zero-order valence-corrected chi connectivity index (χ0v) is 17.0. The van der Waals surface area contributed by atoms with Crippen molar-refractivity contribution >= 4 is 21.8 Å². The Hall–Kier alpha value is -1.66. The third-order valence-electron chi connectivity index (χ3n) is 4.27. The number of aromatic nitrogens is 2. The summed E-state index contributed by atoms with van der Waals surface area (Å²) in [6, 6.07) is 8.35. The van der Waals surface area contributed by atoms with Crippen LogP contribution < -0.4 is 5.32 Å². The van der Waals surface area contributed by atoms with Gasteiger partial charge in [-0.2, -0.15) is 5.10 Å². The van der Waals surface area contributed by atoms with Gasteiger partial charge in [0.05, 0.1) is 10.2 Å². The minimum atomic E-state index is -0.177. The Kier molecular flexibility index (Phi) is 7.20. The van der Waals surface area contributed by atoms with Crippen molar-refractivity contribution in [3.05, 3.63) is 51.3 Å². The van der Waals surface area contributed by atoms with Crippen molar-refractivity contribution in [3.8, 4) is 0 Å². The second kappa shape index (κ2) is 9.15. The van der Waals surface area contributed by atoms with Crippen LogP contribution in [0.3, 0.4) is 0 Å². The highest BCUT2D eigenvalue weighted by Gasteiger charge is 2.19. The van der Waals surface area contributed by atoms with Gasteiger partial charge in [-0.25, -0.2) is 0 Å². The molecule has 0 saturated carbocycles. The first-order chi connectivity index (χ1) is 12.0. The average molecular weight is 407 g/mol. The lowest BCUT2D eigenvalue weighted by molar-refractivity contribution is 0.0945. The van der Waals surface area contributed by atoms with Crippen molar-refractivity contribution in [1.82, 2.24) is 20.4 Å². The summed E-state index contributed by atoms with van der Waals surface area (Å²) in [7, 11) is 0. The molecule has 0 fully saturated rings. The van der Waals surface area contributed by atoms with E-state index >= 15 is 0 Å². The molecule has 1 aromatic heterocycles. The van der Waals surface area contributed by atoms with Gasteiger partial charge in [0.2, 0.25) is 0 Å². The van der Waals surface area contributed by atoms with Crippen molar-refractivity contribution in [2.75, 3.05) is 13.1 Å². The molecule has 0 aliphatic heterocycles. The summed E-state index contributed by atoms with van der Waals surface area (Å²) in [5.74, 6) is 0.101. The molecule has 2 aromatic rings. The monoisotopic (exact) mass is 406 g/mol. The minimum absolute atomic E-state index is 0.177. The van der Waals surface area contributed by atoms with Gasteiger partial charge in [-0.05, 0) is 46.1 Å². The lowest BCUT2D eigenvalue weighted by Gasteiger charge is -2.18. The number of rotatable bonds is 8. The number of amides is 1. The van der Waals surface area contributed by atoms with Crippen LogP contribution in [0.2, 0.25) is 0 Å². The van der Waals surface area contributed by atoms with Gasteiger partial charge in [-0.1, -0.05) is 52.0 Å². The average Bonchev–Trinajstić information content (AvgIpc) is 2.99. The van der Waals surface area contributed by atoms with Crippen LogP contribution in [-0.4, -0.2) is 34.1 Å². The predicted octanol–water partition coefficient (Wildman–Crippen LogP) is 4.07. The Morgan fingerprint density at radius 3 is 2.56 bits per heavy atom. The van der Waals surface area contributed by atoms with E-state index < -0.39 is 0 Å². The van der Waals surface area contributed by atoms with Crippen molar-refractivity contribution in [1.29, 1.82) is 0 Å². The van der Waals surface area contributed by atoms with E-state index in [1.54, 1.807) is 0 Å². The van der Waals surface area contributed by atoms with Crippen molar-refractivity contribution in [2.24, 2.45) is 0 Å². The van der Waals surface area contributed by atoms with Crippen LogP contribution in [0.4, 0.5) is 0 Å². The maximum atomic E-state index is 12.4. The van der Waals surface area contributed by atoms with E-state index in [1.165, 1.54) is 5.56 Å². The largest absolute Gasteiger partial charge is 0.347 e. The minimum Gasteiger partial charge on any atom is -0.347 e. The van der Waals surface area contributed by atoms with Crippen LogP contribution in [-0.2, 0) is 13.1 Å². The summed E-state index contributed by atoms with van der Waals surface area (Å²) < 4.78 is 0.746. The molecule has 1 heterocycles. The predicted molar refractivity (Wildman–Crippen MR) is 105 cm³/mol. The number of hydrogen-bond acceptors (Lipinski definition) is 3. The topological polar surface area (TPSA) is 61.0 Å². The van der Waals surface area contributed by atoms with Crippen molar-refractivity contribution < 1.29 is 4.79 Å². The third-order valence-corrected chi connectivity index (χ3v) is 5.07. The molecule has 1 aromatic carbocycles. The molecule has 0 aliphatic rings. The molecule has 2 rings (SSSR count). The normalized spacial score (nSPS) is 11.3. The van der Waals surface area contributed by atoms with Gasteiger partial charge in [-0.3, -0.25) is 14.8 Å². The van der Waals surface area contributed by atoms with Gasteiger partial charge in [-0.15, -0.1) is 0 Å². The lowest BCUT2D eigenvalue weighted by atomic mass is 10.1. The number of aromatic amines is 1. The molecular weight excluding hydrogens is 380 g/mol. The van der Waals surface area contributed by atoms with Gasteiger partial charge in [0, 0.05) is 13.1 Å². The summed E-state index contributed by atoms with van der Waals surface area (Å²) in [6.45, 7) is 11.9. The fourth-order valence-corrected chi connectivity index (χ4v) is 3.50. The van der Waals surface area contributed by atoms with Crippen LogP contribution in [0, 0.1) is 0 Å². The third kappa shape index (κ3) is 5.16. The molecule has 0 saturated heterocycles. The highest BCUT2D eigenvalue weighted by molar-refractivity contribution is 9.10. The maximum absolute atomic E-state index is 12.4. The molecule has 6 heteroatoms. The lowest BCUT2D eigenvalue weighted by Crippen LogP contribution is -2.24. The van der Waals surface area contributed by atoms with E-state index in [1.807, 2.05) is 12.1 Å². The number of hydrogen-bond donors (Lipinski definition) is 2. The van der Waals surface area contributed by atoms with Gasteiger partial charge in [0.1, 0.15) is 0 Å². The quantitative estimate of drug-likeness (QED) is 0.694. The number of nitrogens with one attached hydrogen (secondary N) is 2. The highest BCUT2D eigenvalue weighted by Crippen LogP contribution is 2.25. The maximum Gasteiger partial charge on any atom is 0.273 e. The Labute approximate surface area is 158 Å². The van der Waals surface area contributed by atoms with Gasteiger partial charge in [0.25, 0.3) is 5.91 Å². The number of carbonyl (C=O) groups excluding carboxylic acids is 1. The molecule has 0 aliphatic carbocycles. The second-order valence-electron chi connectivity index (χ2n) is 6.42. The summed E-state index contributed by atoms with van der Waals surface area (Å²) in [4.78, 5) is 14.8. The molecule has 0 radical (unpaired) electrons. The zero-order valence-electron chi connectivity index (χ0n) is 15.4. The first-order valence-electron chi connectivity index (χ1n) is 8.78. The van der Waals surface area contributed by atoms with Crippen LogP contribution in [0.15, 0.2) is 28.7 Å². The Morgan fingerprint density at radius 1 is 1.28 bits per heavy atom. The first kappa shape index (κ1) is 19.7. The summed E-state index contributed by atoms with van der Waals surface area (Å²) >= 11 is 3.47. The number of benzene rings is 1. The molecule has 0 unspecified atom stereocenters. The van der Waals surface area contributed by atoms with Crippen LogP contribution >= 0.6 is 15.9 Å². The fraction of sp³-hybridized carbons (Fsp3) is 0.474. The van der Waals surface area contributed by atoms with E-state index in [0.717, 1.165) is 35.4 Å². The summed E-state index contributed by atoms with van der Waals surface area (Å²) in [5.41, 5.74) is 3.70. The van der Waals surface area contributed by atoms with E-state index in [2.05, 4.69) is 76.2 Å². The van der Waals surface area contributed by atoms with E-state index in [0.29, 0.717) is 12.2 Å². The number of H-pyrrole nitrogens is 1. The SMILES string of the molecule is CCN(CC)Cc1cccc(CNC(=O)c2n[nH]c(C(C)C)c2Br)c1.